The number of nitrogens with zero attached hydrogens (tertiary/aromatic N) is 1. The Balaban J connectivity index is 1.83. The molecule has 1 aliphatic heterocycles. The van der Waals surface area contributed by atoms with Gasteiger partial charge in [-0.15, -0.1) is 0 Å². The number of rotatable bonds is 3. The van der Waals surface area contributed by atoms with Crippen molar-refractivity contribution in [1.29, 1.82) is 0 Å². The number of amides is 1. The molecule has 0 radical (unpaired) electrons. The molecule has 17 heavy (non-hydrogen) atoms. The summed E-state index contributed by atoms with van der Waals surface area (Å²) in [7, 11) is 0. The first-order valence-corrected chi connectivity index (χ1v) is 6.67. The molecule has 1 atom stereocenters. The van der Waals surface area contributed by atoms with E-state index < -0.39 is 5.97 Å². The van der Waals surface area contributed by atoms with Crippen LogP contribution >= 0.6 is 0 Å². The smallest absolute Gasteiger partial charge is 0.308 e. The largest absolute Gasteiger partial charge is 0.481 e. The summed E-state index contributed by atoms with van der Waals surface area (Å²) in [5.74, 6) is -0.393. The van der Waals surface area contributed by atoms with E-state index in [1.54, 1.807) is 4.90 Å². The molecule has 0 bridgehead atoms. The highest BCUT2D eigenvalue weighted by molar-refractivity contribution is 5.78. The van der Waals surface area contributed by atoms with Crippen molar-refractivity contribution in [2.45, 2.75) is 44.9 Å². The topological polar surface area (TPSA) is 57.6 Å². The lowest BCUT2D eigenvalue weighted by molar-refractivity contribution is -0.145. The fraction of sp³-hybridized carbons (Fsp3) is 0.846. The first-order chi connectivity index (χ1) is 8.16. The highest BCUT2D eigenvalue weighted by Gasteiger charge is 2.29. The van der Waals surface area contributed by atoms with E-state index in [0.29, 0.717) is 25.3 Å². The van der Waals surface area contributed by atoms with E-state index in [-0.39, 0.29) is 11.8 Å². The zero-order valence-electron chi connectivity index (χ0n) is 10.2. The monoisotopic (exact) mass is 239 g/mol. The summed E-state index contributed by atoms with van der Waals surface area (Å²) in [6.45, 7) is 1.16. The van der Waals surface area contributed by atoms with E-state index in [0.717, 1.165) is 13.0 Å². The maximum Gasteiger partial charge on any atom is 0.308 e. The third-order valence-electron chi connectivity index (χ3n) is 4.06. The van der Waals surface area contributed by atoms with Crippen molar-refractivity contribution < 1.29 is 14.7 Å². The van der Waals surface area contributed by atoms with Crippen molar-refractivity contribution in [3.05, 3.63) is 0 Å². The van der Waals surface area contributed by atoms with E-state index >= 15 is 0 Å². The Morgan fingerprint density at radius 1 is 1.12 bits per heavy atom. The number of hydrogen-bond donors (Lipinski definition) is 1. The van der Waals surface area contributed by atoms with Crippen LogP contribution in [0.1, 0.15) is 44.9 Å². The molecule has 1 heterocycles. The minimum absolute atomic E-state index is 0.169. The summed E-state index contributed by atoms with van der Waals surface area (Å²) in [4.78, 5) is 24.7. The second kappa shape index (κ2) is 5.52. The second-order valence-corrected chi connectivity index (χ2v) is 5.37. The maximum absolute atomic E-state index is 12.1. The highest BCUT2D eigenvalue weighted by Crippen LogP contribution is 2.28. The lowest BCUT2D eigenvalue weighted by Gasteiger charge is -2.31. The van der Waals surface area contributed by atoms with Gasteiger partial charge in [-0.3, -0.25) is 9.59 Å². The van der Waals surface area contributed by atoms with Crippen molar-refractivity contribution in [3.8, 4) is 0 Å². The number of hydrogen-bond acceptors (Lipinski definition) is 2. The fourth-order valence-corrected chi connectivity index (χ4v) is 3.00. The summed E-state index contributed by atoms with van der Waals surface area (Å²) in [6, 6.07) is 0. The second-order valence-electron chi connectivity index (χ2n) is 5.37. The minimum atomic E-state index is -0.761. The summed E-state index contributed by atoms with van der Waals surface area (Å²) < 4.78 is 0. The van der Waals surface area contributed by atoms with Crippen molar-refractivity contribution in [2.24, 2.45) is 11.8 Å². The molecule has 0 spiro atoms. The highest BCUT2D eigenvalue weighted by atomic mass is 16.4. The predicted octanol–water partition coefficient (Wildman–Crippen LogP) is 1.89. The Labute approximate surface area is 102 Å². The molecule has 96 valence electrons. The molecular weight excluding hydrogens is 218 g/mol. The van der Waals surface area contributed by atoms with Crippen LogP contribution in [-0.2, 0) is 9.59 Å². The van der Waals surface area contributed by atoms with Crippen LogP contribution in [0.25, 0.3) is 0 Å². The molecule has 2 aliphatic rings. The van der Waals surface area contributed by atoms with Gasteiger partial charge in [0.05, 0.1) is 5.92 Å². The van der Waals surface area contributed by atoms with Crippen molar-refractivity contribution in [1.82, 2.24) is 4.90 Å². The molecule has 0 aromatic carbocycles. The molecule has 1 N–H and O–H groups in total. The molecular formula is C13H21NO3. The number of carbonyl (C=O) groups is 2. The maximum atomic E-state index is 12.1. The lowest BCUT2D eigenvalue weighted by atomic mass is 9.96. The van der Waals surface area contributed by atoms with Crippen LogP contribution in [0.4, 0.5) is 0 Å². The van der Waals surface area contributed by atoms with Crippen LogP contribution in [0, 0.1) is 11.8 Å². The summed E-state index contributed by atoms with van der Waals surface area (Å²) in [5, 5.41) is 8.98. The van der Waals surface area contributed by atoms with Crippen LogP contribution in [-0.4, -0.2) is 35.0 Å². The standard InChI is InChI=1S/C13H21NO3/c15-12(8-10-4-1-2-5-10)14-7-3-6-11(9-14)13(16)17/h10-11H,1-9H2,(H,16,17)/t11-/m1/s1. The van der Waals surface area contributed by atoms with E-state index in [2.05, 4.69) is 0 Å². The molecule has 0 unspecified atom stereocenters. The van der Waals surface area contributed by atoms with Gasteiger partial charge >= 0.3 is 5.97 Å². The molecule has 1 aliphatic carbocycles. The molecule has 0 aromatic heterocycles. The van der Waals surface area contributed by atoms with Crippen LogP contribution in [0.15, 0.2) is 0 Å². The van der Waals surface area contributed by atoms with E-state index in [1.807, 2.05) is 0 Å². The number of piperidine rings is 1. The van der Waals surface area contributed by atoms with Crippen LogP contribution in [0.2, 0.25) is 0 Å². The number of carboxylic acid groups (broad SMARTS) is 1. The Bertz CT molecular complexity index is 297. The third-order valence-corrected chi connectivity index (χ3v) is 4.06. The quantitative estimate of drug-likeness (QED) is 0.818. The van der Waals surface area contributed by atoms with Gasteiger partial charge in [0.15, 0.2) is 0 Å². The molecule has 1 amide bonds. The number of carboxylic acids is 1. The number of likely N-dealkylation sites (tertiary alicyclic amines) is 1. The SMILES string of the molecule is O=C(O)[C@@H]1CCCN(C(=O)CC2CCCC2)C1. The van der Waals surface area contributed by atoms with Gasteiger partial charge in [-0.05, 0) is 31.6 Å². The predicted molar refractivity (Wildman–Crippen MR) is 63.5 cm³/mol. The van der Waals surface area contributed by atoms with Gasteiger partial charge in [-0.25, -0.2) is 0 Å². The van der Waals surface area contributed by atoms with Gasteiger partial charge in [0, 0.05) is 19.5 Å². The van der Waals surface area contributed by atoms with Crippen LogP contribution in [0.5, 0.6) is 0 Å². The Kier molecular flexibility index (Phi) is 4.02. The Hall–Kier alpha value is -1.06. The van der Waals surface area contributed by atoms with E-state index in [9.17, 15) is 9.59 Å². The molecule has 2 rings (SSSR count). The first kappa shape index (κ1) is 12.4. The van der Waals surface area contributed by atoms with Crippen molar-refractivity contribution >= 4 is 11.9 Å². The van der Waals surface area contributed by atoms with E-state index in [4.69, 9.17) is 5.11 Å². The van der Waals surface area contributed by atoms with Crippen LogP contribution in [0.3, 0.4) is 0 Å². The number of carbonyl (C=O) groups excluding carboxylic acids is 1. The van der Waals surface area contributed by atoms with Crippen LogP contribution < -0.4 is 0 Å². The lowest BCUT2D eigenvalue weighted by Crippen LogP contribution is -2.42. The summed E-state index contributed by atoms with van der Waals surface area (Å²) >= 11 is 0. The van der Waals surface area contributed by atoms with Gasteiger partial charge in [0.25, 0.3) is 0 Å². The average molecular weight is 239 g/mol. The van der Waals surface area contributed by atoms with Crippen molar-refractivity contribution in [3.63, 3.8) is 0 Å². The molecule has 4 nitrogen and oxygen atoms in total. The van der Waals surface area contributed by atoms with Gasteiger partial charge in [-0.1, -0.05) is 12.8 Å². The first-order valence-electron chi connectivity index (χ1n) is 6.67. The number of aliphatic carboxylic acids is 1. The summed E-state index contributed by atoms with van der Waals surface area (Å²) in [6.07, 6.45) is 7.00. The van der Waals surface area contributed by atoms with E-state index in [1.165, 1.54) is 25.7 Å². The Morgan fingerprint density at radius 3 is 2.47 bits per heavy atom. The zero-order valence-corrected chi connectivity index (χ0v) is 10.2. The normalized spacial score (nSPS) is 26.1. The summed E-state index contributed by atoms with van der Waals surface area (Å²) in [5.41, 5.74) is 0. The van der Waals surface area contributed by atoms with Crippen molar-refractivity contribution in [2.75, 3.05) is 13.1 Å². The molecule has 1 saturated carbocycles. The Morgan fingerprint density at radius 2 is 1.82 bits per heavy atom. The minimum Gasteiger partial charge on any atom is -0.481 e. The van der Waals surface area contributed by atoms with Gasteiger partial charge in [-0.2, -0.15) is 0 Å². The fourth-order valence-electron chi connectivity index (χ4n) is 3.00. The van der Waals surface area contributed by atoms with Gasteiger partial charge in [0.2, 0.25) is 5.91 Å². The third kappa shape index (κ3) is 3.20. The molecule has 2 fully saturated rings. The van der Waals surface area contributed by atoms with Gasteiger partial charge < -0.3 is 10.0 Å². The van der Waals surface area contributed by atoms with Gasteiger partial charge in [0.1, 0.15) is 0 Å². The molecule has 0 aromatic rings. The molecule has 4 heteroatoms. The zero-order chi connectivity index (χ0) is 12.3. The average Bonchev–Trinajstić information content (AvgIpc) is 2.82. The molecule has 1 saturated heterocycles.